The number of nitrogens with one attached hydrogen (secondary N) is 1. The van der Waals surface area contributed by atoms with Crippen LogP contribution in [0.15, 0.2) is 24.3 Å². The monoisotopic (exact) mass is 303 g/mol. The van der Waals surface area contributed by atoms with Crippen LogP contribution in [-0.4, -0.2) is 24.1 Å². The molecule has 0 bridgehead atoms. The molecule has 1 radical (unpaired) electrons. The summed E-state index contributed by atoms with van der Waals surface area (Å²) in [6.07, 6.45) is 2.37. The van der Waals surface area contributed by atoms with E-state index in [0.717, 1.165) is 12.0 Å². The number of nitrogens with two attached hydrogens (primary N) is 1. The van der Waals surface area contributed by atoms with Gasteiger partial charge in [0.05, 0.1) is 12.3 Å². The molecule has 0 spiro atoms. The van der Waals surface area contributed by atoms with Gasteiger partial charge in [-0.25, -0.2) is 0 Å². The molecular weight excluding hydrogens is 280 g/mol. The third-order valence-electron chi connectivity index (χ3n) is 3.38. The molecule has 2 atom stereocenters. The van der Waals surface area contributed by atoms with Crippen LogP contribution in [0.1, 0.15) is 44.2 Å². The highest BCUT2D eigenvalue weighted by Gasteiger charge is 2.20. The van der Waals surface area contributed by atoms with Crippen LogP contribution in [0.3, 0.4) is 0 Å². The first-order chi connectivity index (χ1) is 10.3. The minimum absolute atomic E-state index is 0.241. The Morgan fingerprint density at radius 1 is 1.18 bits per heavy atom. The van der Waals surface area contributed by atoms with Crippen molar-refractivity contribution in [1.82, 2.24) is 5.32 Å². The van der Waals surface area contributed by atoms with Crippen molar-refractivity contribution < 1.29 is 14.4 Å². The molecule has 0 aliphatic heterocycles. The molecule has 0 aliphatic carbocycles. The van der Waals surface area contributed by atoms with Gasteiger partial charge in [0.15, 0.2) is 0 Å². The Bertz CT molecular complexity index is 523. The van der Waals surface area contributed by atoms with Crippen LogP contribution in [0.25, 0.3) is 0 Å². The molecule has 5 heteroatoms. The van der Waals surface area contributed by atoms with Gasteiger partial charge < -0.3 is 11.1 Å². The highest BCUT2D eigenvalue weighted by Crippen LogP contribution is 2.18. The number of rotatable bonds is 8. The van der Waals surface area contributed by atoms with Gasteiger partial charge in [-0.3, -0.25) is 14.4 Å². The zero-order valence-electron chi connectivity index (χ0n) is 13.3. The van der Waals surface area contributed by atoms with E-state index in [1.165, 1.54) is 5.56 Å². The Kier molecular flexibility index (Phi) is 6.76. The minimum atomic E-state index is -0.993. The van der Waals surface area contributed by atoms with E-state index >= 15 is 0 Å². The number of benzene rings is 1. The largest absolute Gasteiger partial charge is 0.370 e. The lowest BCUT2D eigenvalue weighted by Crippen LogP contribution is -2.40. The van der Waals surface area contributed by atoms with Crippen LogP contribution in [0.4, 0.5) is 0 Å². The zero-order valence-corrected chi connectivity index (χ0v) is 13.3. The summed E-state index contributed by atoms with van der Waals surface area (Å²) in [7, 11) is 0. The average Bonchev–Trinajstić information content (AvgIpc) is 2.45. The molecule has 2 amide bonds. The molecule has 1 unspecified atom stereocenters. The Morgan fingerprint density at radius 3 is 2.23 bits per heavy atom. The molecule has 0 saturated carbocycles. The van der Waals surface area contributed by atoms with Crippen molar-refractivity contribution in [3.8, 4) is 0 Å². The van der Waals surface area contributed by atoms with Crippen LogP contribution < -0.4 is 11.1 Å². The molecule has 22 heavy (non-hydrogen) atoms. The van der Waals surface area contributed by atoms with E-state index in [2.05, 4.69) is 19.2 Å². The van der Waals surface area contributed by atoms with E-state index in [4.69, 9.17) is 5.73 Å². The number of carbonyl (C=O) groups excluding carboxylic acids is 3. The predicted octanol–water partition coefficient (Wildman–Crippen LogP) is 1.46. The molecule has 119 valence electrons. The molecule has 0 aliphatic rings. The smallest absolute Gasteiger partial charge is 0.227 e. The summed E-state index contributed by atoms with van der Waals surface area (Å²) < 4.78 is 0. The first kappa shape index (κ1) is 17.9. The summed E-state index contributed by atoms with van der Waals surface area (Å²) in [6.45, 7) is 6.05. The molecule has 1 rings (SSSR count). The van der Waals surface area contributed by atoms with Crippen molar-refractivity contribution in [3.05, 3.63) is 35.4 Å². The van der Waals surface area contributed by atoms with Crippen LogP contribution in [0.2, 0.25) is 0 Å². The molecule has 0 fully saturated rings. The van der Waals surface area contributed by atoms with Gasteiger partial charge in [0.25, 0.3) is 0 Å². The number of amides is 2. The topological polar surface area (TPSA) is 89.3 Å². The Hall–Kier alpha value is -2.17. The van der Waals surface area contributed by atoms with Crippen LogP contribution >= 0.6 is 0 Å². The lowest BCUT2D eigenvalue weighted by atomic mass is 9.96. The van der Waals surface area contributed by atoms with E-state index < -0.39 is 17.9 Å². The first-order valence-electron chi connectivity index (χ1n) is 7.38. The lowest BCUT2D eigenvalue weighted by molar-refractivity contribution is -0.123. The van der Waals surface area contributed by atoms with E-state index in [1.807, 2.05) is 24.3 Å². The summed E-state index contributed by atoms with van der Waals surface area (Å²) in [6, 6.07) is 6.84. The van der Waals surface area contributed by atoms with Gasteiger partial charge in [-0.2, -0.15) is 0 Å². The number of hydrogen-bond acceptors (Lipinski definition) is 3. The fourth-order valence-electron chi connectivity index (χ4n) is 2.19. The Labute approximate surface area is 131 Å². The van der Waals surface area contributed by atoms with Gasteiger partial charge in [0, 0.05) is 0 Å². The SMILES string of the molecule is CC(C)Cc1ccc(C(C)C(=O)N[C@@H]([C]=O)CC(N)=O)cc1. The second kappa shape index (κ2) is 8.32. The lowest BCUT2D eigenvalue weighted by Gasteiger charge is -2.16. The van der Waals surface area contributed by atoms with E-state index in [1.54, 1.807) is 13.2 Å². The van der Waals surface area contributed by atoms with Crippen LogP contribution in [0, 0.1) is 5.92 Å². The molecule has 0 saturated heterocycles. The van der Waals surface area contributed by atoms with Gasteiger partial charge in [-0.15, -0.1) is 0 Å². The van der Waals surface area contributed by atoms with Crippen molar-refractivity contribution >= 4 is 18.1 Å². The molecular formula is C17H23N2O3. The second-order valence-corrected chi connectivity index (χ2v) is 5.91. The fraction of sp³-hybridized carbons (Fsp3) is 0.471. The zero-order chi connectivity index (χ0) is 16.7. The highest BCUT2D eigenvalue weighted by molar-refractivity contribution is 5.87. The van der Waals surface area contributed by atoms with Gasteiger partial charge >= 0.3 is 0 Å². The predicted molar refractivity (Wildman–Crippen MR) is 84.8 cm³/mol. The van der Waals surface area contributed by atoms with Crippen molar-refractivity contribution in [1.29, 1.82) is 0 Å². The first-order valence-corrected chi connectivity index (χ1v) is 7.38. The maximum Gasteiger partial charge on any atom is 0.227 e. The summed E-state index contributed by atoms with van der Waals surface area (Å²) >= 11 is 0. The number of primary amides is 1. The van der Waals surface area contributed by atoms with Crippen molar-refractivity contribution in [2.75, 3.05) is 0 Å². The van der Waals surface area contributed by atoms with Crippen molar-refractivity contribution in [2.45, 2.75) is 45.6 Å². The third kappa shape index (κ3) is 5.68. The third-order valence-corrected chi connectivity index (χ3v) is 3.38. The summed E-state index contributed by atoms with van der Waals surface area (Å²) in [5, 5.41) is 2.48. The molecule has 1 aromatic rings. The fourth-order valence-corrected chi connectivity index (χ4v) is 2.19. The van der Waals surface area contributed by atoms with E-state index in [9.17, 15) is 14.4 Å². The minimum Gasteiger partial charge on any atom is -0.370 e. The van der Waals surface area contributed by atoms with Gasteiger partial charge in [-0.05, 0) is 30.4 Å². The average molecular weight is 303 g/mol. The Balaban J connectivity index is 2.69. The normalized spacial score (nSPS) is 13.5. The second-order valence-electron chi connectivity index (χ2n) is 5.91. The van der Waals surface area contributed by atoms with Gasteiger partial charge in [0.1, 0.15) is 6.04 Å². The number of carbonyl (C=O) groups is 2. The quantitative estimate of drug-likeness (QED) is 0.762. The maximum atomic E-state index is 12.1. The summed E-state index contributed by atoms with van der Waals surface area (Å²) in [5.41, 5.74) is 7.10. The van der Waals surface area contributed by atoms with E-state index in [0.29, 0.717) is 5.92 Å². The van der Waals surface area contributed by atoms with E-state index in [-0.39, 0.29) is 12.3 Å². The maximum absolute atomic E-state index is 12.1. The number of hydrogen-bond donors (Lipinski definition) is 2. The van der Waals surface area contributed by atoms with Crippen LogP contribution in [-0.2, 0) is 20.8 Å². The Morgan fingerprint density at radius 2 is 1.77 bits per heavy atom. The van der Waals surface area contributed by atoms with Gasteiger partial charge in [-0.1, -0.05) is 38.1 Å². The van der Waals surface area contributed by atoms with Crippen molar-refractivity contribution in [3.63, 3.8) is 0 Å². The standard InChI is InChI=1S/C17H23N2O3/c1-11(2)8-13-4-6-14(7-5-13)12(3)17(22)19-15(10-20)9-16(18)21/h4-7,11-12,15H,8-9H2,1-3H3,(H2,18,21)(H,19,22)/t12?,15-/m1/s1. The van der Waals surface area contributed by atoms with Gasteiger partial charge in [0.2, 0.25) is 18.1 Å². The van der Waals surface area contributed by atoms with Crippen LogP contribution in [0.5, 0.6) is 0 Å². The van der Waals surface area contributed by atoms with Crippen molar-refractivity contribution in [2.24, 2.45) is 11.7 Å². The molecule has 0 aromatic heterocycles. The highest BCUT2D eigenvalue weighted by atomic mass is 16.2. The molecule has 1 aromatic carbocycles. The molecule has 0 heterocycles. The summed E-state index contributed by atoms with van der Waals surface area (Å²) in [5.74, 6) is -0.827. The molecule has 3 N–H and O–H groups in total. The molecule has 5 nitrogen and oxygen atoms in total. The summed E-state index contributed by atoms with van der Waals surface area (Å²) in [4.78, 5) is 33.7.